The molecule has 2 atom stereocenters. The van der Waals surface area contributed by atoms with E-state index in [4.69, 9.17) is 4.74 Å². The Balaban J connectivity index is 1.67. The van der Waals surface area contributed by atoms with Crippen LogP contribution in [0.2, 0.25) is 0 Å². The molecule has 0 bridgehead atoms. The van der Waals surface area contributed by atoms with E-state index in [0.717, 1.165) is 12.3 Å². The van der Waals surface area contributed by atoms with Gasteiger partial charge in [-0.1, -0.05) is 45.7 Å². The Kier molecular flexibility index (Phi) is 4.26. The molecule has 0 radical (unpaired) electrons. The molecule has 0 aliphatic heterocycles. The fourth-order valence-corrected chi connectivity index (χ4v) is 4.25. The first-order valence-corrected chi connectivity index (χ1v) is 8.65. The summed E-state index contributed by atoms with van der Waals surface area (Å²) in [6, 6.07) is 9.39. The predicted molar refractivity (Wildman–Crippen MR) is 87.9 cm³/mol. The van der Waals surface area contributed by atoms with Gasteiger partial charge < -0.3 is 10.1 Å². The topological polar surface area (TPSA) is 21.3 Å². The molecule has 116 valence electrons. The molecular formula is C19H29NO. The van der Waals surface area contributed by atoms with Gasteiger partial charge in [-0.05, 0) is 43.0 Å². The lowest BCUT2D eigenvalue weighted by Crippen LogP contribution is -2.63. The molecule has 3 rings (SSSR count). The van der Waals surface area contributed by atoms with E-state index >= 15 is 0 Å². The molecule has 1 aromatic carbocycles. The van der Waals surface area contributed by atoms with E-state index < -0.39 is 0 Å². The molecule has 0 heterocycles. The zero-order valence-corrected chi connectivity index (χ0v) is 13.7. The highest BCUT2D eigenvalue weighted by Crippen LogP contribution is 2.54. The van der Waals surface area contributed by atoms with Gasteiger partial charge in [0, 0.05) is 17.9 Å². The van der Waals surface area contributed by atoms with Crippen LogP contribution < -0.4 is 10.1 Å². The molecule has 1 aromatic rings. The first-order valence-electron chi connectivity index (χ1n) is 8.65. The van der Waals surface area contributed by atoms with Crippen molar-refractivity contribution in [3.63, 3.8) is 0 Å². The minimum Gasteiger partial charge on any atom is -0.490 e. The highest BCUT2D eigenvalue weighted by Gasteiger charge is 2.57. The van der Waals surface area contributed by atoms with Crippen LogP contribution in [-0.2, 0) is 0 Å². The first-order chi connectivity index (χ1) is 10.2. The standard InChI is InChI=1S/C19H29NO/c1-4-20-17-13-18(19(17)11-5-6-12-19)21-16-9-7-15(8-10-16)14(2)3/h7-10,14,17-18,20H,4-6,11-13H2,1-3H3. The molecule has 2 heteroatoms. The highest BCUT2D eigenvalue weighted by molar-refractivity contribution is 5.30. The van der Waals surface area contributed by atoms with Gasteiger partial charge in [-0.3, -0.25) is 0 Å². The second kappa shape index (κ2) is 6.00. The third-order valence-corrected chi connectivity index (χ3v) is 5.60. The molecule has 2 aliphatic carbocycles. The van der Waals surface area contributed by atoms with Gasteiger partial charge in [-0.15, -0.1) is 0 Å². The van der Waals surface area contributed by atoms with Crippen molar-refractivity contribution in [2.75, 3.05) is 6.54 Å². The molecule has 2 unspecified atom stereocenters. The SMILES string of the molecule is CCNC1CC(Oc2ccc(C(C)C)cc2)C12CCCC2. The van der Waals surface area contributed by atoms with E-state index in [1.807, 2.05) is 0 Å². The lowest BCUT2D eigenvalue weighted by Gasteiger charge is -2.54. The van der Waals surface area contributed by atoms with Gasteiger partial charge in [0.15, 0.2) is 0 Å². The minimum absolute atomic E-state index is 0.409. The summed E-state index contributed by atoms with van der Waals surface area (Å²) in [5.41, 5.74) is 1.80. The van der Waals surface area contributed by atoms with Crippen LogP contribution >= 0.6 is 0 Å². The van der Waals surface area contributed by atoms with E-state index in [-0.39, 0.29) is 0 Å². The Bertz CT molecular complexity index is 459. The van der Waals surface area contributed by atoms with Crippen LogP contribution in [0.3, 0.4) is 0 Å². The summed E-state index contributed by atoms with van der Waals surface area (Å²) < 4.78 is 6.36. The molecule has 1 N–H and O–H groups in total. The van der Waals surface area contributed by atoms with Crippen LogP contribution in [0.25, 0.3) is 0 Å². The van der Waals surface area contributed by atoms with Crippen LogP contribution in [-0.4, -0.2) is 18.7 Å². The smallest absolute Gasteiger partial charge is 0.119 e. The molecule has 0 aromatic heterocycles. The van der Waals surface area contributed by atoms with Gasteiger partial charge in [-0.2, -0.15) is 0 Å². The molecule has 2 nitrogen and oxygen atoms in total. The summed E-state index contributed by atoms with van der Waals surface area (Å²) in [5.74, 6) is 1.63. The molecule has 0 saturated heterocycles. The Morgan fingerprint density at radius 3 is 2.43 bits per heavy atom. The van der Waals surface area contributed by atoms with Crippen molar-refractivity contribution in [3.8, 4) is 5.75 Å². The predicted octanol–water partition coefficient (Wildman–Crippen LogP) is 4.50. The fourth-order valence-electron chi connectivity index (χ4n) is 4.25. The summed E-state index contributed by atoms with van der Waals surface area (Å²) in [6.07, 6.45) is 6.98. The van der Waals surface area contributed by atoms with Crippen molar-refractivity contribution >= 4 is 0 Å². The molecule has 21 heavy (non-hydrogen) atoms. The van der Waals surface area contributed by atoms with Crippen LogP contribution in [0.5, 0.6) is 5.75 Å². The Hall–Kier alpha value is -1.02. The van der Waals surface area contributed by atoms with E-state index in [2.05, 4.69) is 50.4 Å². The van der Waals surface area contributed by atoms with Gasteiger partial charge >= 0.3 is 0 Å². The van der Waals surface area contributed by atoms with Gasteiger partial charge in [-0.25, -0.2) is 0 Å². The largest absolute Gasteiger partial charge is 0.490 e. The molecule has 0 amide bonds. The van der Waals surface area contributed by atoms with E-state index in [9.17, 15) is 0 Å². The van der Waals surface area contributed by atoms with Crippen molar-refractivity contribution in [2.24, 2.45) is 5.41 Å². The molecule has 2 fully saturated rings. The van der Waals surface area contributed by atoms with Crippen LogP contribution in [0.15, 0.2) is 24.3 Å². The van der Waals surface area contributed by atoms with Crippen molar-refractivity contribution in [3.05, 3.63) is 29.8 Å². The summed E-state index contributed by atoms with van der Waals surface area (Å²) in [7, 11) is 0. The average Bonchev–Trinajstić information content (AvgIpc) is 2.99. The van der Waals surface area contributed by atoms with E-state index in [1.54, 1.807) is 0 Å². The maximum Gasteiger partial charge on any atom is 0.119 e. The third-order valence-electron chi connectivity index (χ3n) is 5.60. The zero-order chi connectivity index (χ0) is 14.9. The fraction of sp³-hybridized carbons (Fsp3) is 0.684. The highest BCUT2D eigenvalue weighted by atomic mass is 16.5. The zero-order valence-electron chi connectivity index (χ0n) is 13.7. The molecular weight excluding hydrogens is 258 g/mol. The average molecular weight is 287 g/mol. The Morgan fingerprint density at radius 2 is 1.86 bits per heavy atom. The number of rotatable bonds is 5. The van der Waals surface area contributed by atoms with Crippen LogP contribution in [0.1, 0.15) is 64.4 Å². The summed E-state index contributed by atoms with van der Waals surface area (Å²) in [6.45, 7) is 7.75. The number of ether oxygens (including phenoxy) is 1. The van der Waals surface area contributed by atoms with Crippen molar-refractivity contribution < 1.29 is 4.74 Å². The van der Waals surface area contributed by atoms with Crippen molar-refractivity contribution in [1.29, 1.82) is 0 Å². The maximum absolute atomic E-state index is 6.36. The Labute approximate surface area is 129 Å². The van der Waals surface area contributed by atoms with E-state index in [0.29, 0.717) is 23.5 Å². The molecule has 2 aliphatic rings. The molecule has 2 saturated carbocycles. The quantitative estimate of drug-likeness (QED) is 0.861. The second-order valence-electron chi connectivity index (χ2n) is 7.12. The van der Waals surface area contributed by atoms with Crippen molar-refractivity contribution in [2.45, 2.75) is 70.9 Å². The number of hydrogen-bond acceptors (Lipinski definition) is 2. The Morgan fingerprint density at radius 1 is 1.19 bits per heavy atom. The number of hydrogen-bond donors (Lipinski definition) is 1. The van der Waals surface area contributed by atoms with E-state index in [1.165, 1.54) is 37.7 Å². The van der Waals surface area contributed by atoms with Crippen molar-refractivity contribution in [1.82, 2.24) is 5.32 Å². The summed E-state index contributed by atoms with van der Waals surface area (Å²) in [4.78, 5) is 0. The van der Waals surface area contributed by atoms with Crippen LogP contribution in [0, 0.1) is 5.41 Å². The minimum atomic E-state index is 0.409. The summed E-state index contributed by atoms with van der Waals surface area (Å²) in [5, 5.41) is 3.67. The lowest BCUT2D eigenvalue weighted by atomic mass is 9.60. The van der Waals surface area contributed by atoms with Gasteiger partial charge in [0.25, 0.3) is 0 Å². The van der Waals surface area contributed by atoms with Gasteiger partial charge in [0.2, 0.25) is 0 Å². The maximum atomic E-state index is 6.36. The van der Waals surface area contributed by atoms with Gasteiger partial charge in [0.05, 0.1) is 0 Å². The second-order valence-corrected chi connectivity index (χ2v) is 7.12. The lowest BCUT2D eigenvalue weighted by molar-refractivity contribution is -0.0755. The normalized spacial score (nSPS) is 27.0. The van der Waals surface area contributed by atoms with Gasteiger partial charge in [0.1, 0.15) is 11.9 Å². The molecule has 1 spiro atoms. The number of benzene rings is 1. The number of nitrogens with one attached hydrogen (secondary N) is 1. The first kappa shape index (κ1) is 14.9. The monoisotopic (exact) mass is 287 g/mol. The third kappa shape index (κ3) is 2.70. The van der Waals surface area contributed by atoms with Crippen LogP contribution in [0.4, 0.5) is 0 Å². The summed E-state index contributed by atoms with van der Waals surface area (Å²) >= 11 is 0.